The lowest BCUT2D eigenvalue weighted by molar-refractivity contribution is -0.120. The van der Waals surface area contributed by atoms with Crippen LogP contribution in [-0.2, 0) is 4.79 Å². The number of benzene rings is 1. The molecule has 2 rings (SSSR count). The van der Waals surface area contributed by atoms with Gasteiger partial charge in [0.1, 0.15) is 0 Å². The minimum atomic E-state index is -0.754. The highest BCUT2D eigenvalue weighted by Crippen LogP contribution is 2.22. The summed E-state index contributed by atoms with van der Waals surface area (Å²) in [5.41, 5.74) is 0.0151. The maximum atomic E-state index is 11.3. The molecule has 0 fully saturated rings. The lowest BCUT2D eigenvalue weighted by atomic mass is 10.0. The van der Waals surface area contributed by atoms with Crippen LogP contribution in [-0.4, -0.2) is 11.6 Å². The third kappa shape index (κ3) is 3.13. The Kier molecular flexibility index (Phi) is 3.67. The summed E-state index contributed by atoms with van der Waals surface area (Å²) in [6.07, 6.45) is 8.21. The average Bonchev–Trinajstić information content (AvgIpc) is 2.38. The van der Waals surface area contributed by atoms with Gasteiger partial charge in [0, 0.05) is 13.3 Å². The minimum absolute atomic E-state index is 0.123. The fourth-order valence-corrected chi connectivity index (χ4v) is 1.75. The van der Waals surface area contributed by atoms with Crippen LogP contribution < -0.4 is 5.32 Å². The predicted molar refractivity (Wildman–Crippen MR) is 70.4 cm³/mol. The molecule has 1 atom stereocenters. The number of nitrogens with one attached hydrogen (secondary N) is 1. The Hall–Kier alpha value is -2.23. The van der Waals surface area contributed by atoms with Crippen LogP contribution in [0.15, 0.2) is 64.9 Å². The van der Waals surface area contributed by atoms with Crippen molar-refractivity contribution in [3.63, 3.8) is 0 Å². The van der Waals surface area contributed by atoms with Crippen LogP contribution in [0.4, 0.5) is 5.69 Å². The molecule has 92 valence electrons. The summed E-state index contributed by atoms with van der Waals surface area (Å²) >= 11 is 0. The molecule has 1 aromatic carbocycles. The van der Waals surface area contributed by atoms with Crippen LogP contribution in [0.2, 0.25) is 0 Å². The highest BCUT2D eigenvalue weighted by molar-refractivity contribution is 5.74. The first-order chi connectivity index (χ1) is 8.70. The van der Waals surface area contributed by atoms with Crippen molar-refractivity contribution in [2.45, 2.75) is 19.0 Å². The van der Waals surface area contributed by atoms with E-state index in [9.17, 15) is 4.79 Å². The van der Waals surface area contributed by atoms with Gasteiger partial charge in [0.15, 0.2) is 5.66 Å². The molecule has 4 nitrogen and oxygen atoms in total. The number of hydrogen-bond acceptors (Lipinski definition) is 3. The van der Waals surface area contributed by atoms with Gasteiger partial charge in [0.05, 0.1) is 5.69 Å². The van der Waals surface area contributed by atoms with Crippen molar-refractivity contribution in [2.75, 3.05) is 0 Å². The molecule has 0 radical (unpaired) electrons. The lowest BCUT2D eigenvalue weighted by Crippen LogP contribution is -2.44. The van der Waals surface area contributed by atoms with Gasteiger partial charge in [-0.05, 0) is 18.2 Å². The van der Waals surface area contributed by atoms with Gasteiger partial charge >= 0.3 is 0 Å². The topological polar surface area (TPSA) is 53.8 Å². The molecule has 0 spiro atoms. The number of allylic oxidation sites excluding steroid dienone is 2. The van der Waals surface area contributed by atoms with Crippen LogP contribution in [0.5, 0.6) is 0 Å². The fraction of sp³-hybridized carbons (Fsp3) is 0.214. The standard InChI is InChI=1S/C14H15N3O/c1-12(18)15-14(10-6-3-7-11-14)17-16-13-8-4-2-5-9-13/h2-10H,11H2,1H3,(H,15,18). The predicted octanol–water partition coefficient (Wildman–Crippen LogP) is 3.12. The summed E-state index contributed by atoms with van der Waals surface area (Å²) in [7, 11) is 0. The Balaban J connectivity index is 2.20. The summed E-state index contributed by atoms with van der Waals surface area (Å²) in [4.78, 5) is 11.3. The van der Waals surface area contributed by atoms with Crippen LogP contribution >= 0.6 is 0 Å². The first kappa shape index (κ1) is 12.2. The quantitative estimate of drug-likeness (QED) is 0.812. The van der Waals surface area contributed by atoms with Crippen LogP contribution in [0.25, 0.3) is 0 Å². The van der Waals surface area contributed by atoms with E-state index in [2.05, 4.69) is 15.5 Å². The van der Waals surface area contributed by atoms with E-state index in [4.69, 9.17) is 0 Å². The van der Waals surface area contributed by atoms with Crippen LogP contribution in [0.3, 0.4) is 0 Å². The molecule has 1 amide bonds. The Morgan fingerprint density at radius 2 is 2.06 bits per heavy atom. The average molecular weight is 241 g/mol. The van der Waals surface area contributed by atoms with Gasteiger partial charge in [-0.25, -0.2) is 0 Å². The second-order valence-electron chi connectivity index (χ2n) is 4.13. The summed E-state index contributed by atoms with van der Waals surface area (Å²) in [6.45, 7) is 1.48. The molecule has 4 heteroatoms. The molecule has 1 N–H and O–H groups in total. The second kappa shape index (κ2) is 5.40. The van der Waals surface area contributed by atoms with E-state index < -0.39 is 5.66 Å². The monoisotopic (exact) mass is 241 g/mol. The molecule has 1 unspecified atom stereocenters. The molecule has 1 aliphatic rings. The molecule has 18 heavy (non-hydrogen) atoms. The number of nitrogens with zero attached hydrogens (tertiary/aromatic N) is 2. The van der Waals surface area contributed by atoms with Gasteiger partial charge in [-0.1, -0.05) is 36.4 Å². The van der Waals surface area contributed by atoms with Gasteiger partial charge in [-0.2, -0.15) is 10.2 Å². The van der Waals surface area contributed by atoms with Gasteiger partial charge < -0.3 is 5.32 Å². The summed E-state index contributed by atoms with van der Waals surface area (Å²) in [6, 6.07) is 9.46. The van der Waals surface area contributed by atoms with Gasteiger partial charge in [-0.3, -0.25) is 4.79 Å². The van der Waals surface area contributed by atoms with E-state index in [1.807, 2.05) is 54.6 Å². The van der Waals surface area contributed by atoms with E-state index in [1.54, 1.807) is 0 Å². The van der Waals surface area contributed by atoms with Crippen molar-refractivity contribution in [1.29, 1.82) is 0 Å². The highest BCUT2D eigenvalue weighted by Gasteiger charge is 2.27. The maximum Gasteiger partial charge on any atom is 0.219 e. The molecular formula is C14H15N3O. The Labute approximate surface area is 106 Å². The third-order valence-electron chi connectivity index (χ3n) is 2.54. The normalized spacial score (nSPS) is 22.3. The molecule has 0 bridgehead atoms. The van der Waals surface area contributed by atoms with Gasteiger partial charge in [0.25, 0.3) is 0 Å². The SMILES string of the molecule is CC(=O)NC1(N=Nc2ccccc2)C=CC=CC1. The Morgan fingerprint density at radius 3 is 2.67 bits per heavy atom. The third-order valence-corrected chi connectivity index (χ3v) is 2.54. The molecule has 1 aromatic rings. The molecule has 0 saturated heterocycles. The smallest absolute Gasteiger partial charge is 0.219 e. The molecule has 0 saturated carbocycles. The molecular weight excluding hydrogens is 226 g/mol. The Morgan fingerprint density at radius 1 is 1.28 bits per heavy atom. The number of azo groups is 1. The van der Waals surface area contributed by atoms with Crippen molar-refractivity contribution >= 4 is 11.6 Å². The second-order valence-corrected chi connectivity index (χ2v) is 4.13. The Bertz CT molecular complexity index is 505. The van der Waals surface area contributed by atoms with Crippen molar-refractivity contribution < 1.29 is 4.79 Å². The zero-order valence-corrected chi connectivity index (χ0v) is 10.2. The van der Waals surface area contributed by atoms with Crippen molar-refractivity contribution in [2.24, 2.45) is 10.2 Å². The largest absolute Gasteiger partial charge is 0.327 e. The zero-order chi connectivity index (χ0) is 12.8. The first-order valence-corrected chi connectivity index (χ1v) is 5.81. The zero-order valence-electron chi connectivity index (χ0n) is 10.2. The van der Waals surface area contributed by atoms with Crippen molar-refractivity contribution in [3.05, 3.63) is 54.6 Å². The van der Waals surface area contributed by atoms with E-state index >= 15 is 0 Å². The molecule has 1 aliphatic carbocycles. The molecule has 0 aliphatic heterocycles. The van der Waals surface area contributed by atoms with E-state index in [0.717, 1.165) is 5.69 Å². The van der Waals surface area contributed by atoms with E-state index in [-0.39, 0.29) is 5.91 Å². The number of rotatable bonds is 3. The maximum absolute atomic E-state index is 11.3. The van der Waals surface area contributed by atoms with Crippen LogP contribution in [0, 0.1) is 0 Å². The van der Waals surface area contributed by atoms with Gasteiger partial charge in [-0.15, -0.1) is 0 Å². The summed E-state index contributed by atoms with van der Waals surface area (Å²) < 4.78 is 0. The number of carbonyl (C=O) groups is 1. The highest BCUT2D eigenvalue weighted by atomic mass is 16.1. The lowest BCUT2D eigenvalue weighted by Gasteiger charge is -2.26. The molecule has 0 heterocycles. The van der Waals surface area contributed by atoms with Crippen LogP contribution in [0.1, 0.15) is 13.3 Å². The summed E-state index contributed by atoms with van der Waals surface area (Å²) in [5, 5.41) is 11.3. The number of amides is 1. The van der Waals surface area contributed by atoms with Crippen molar-refractivity contribution in [1.82, 2.24) is 5.32 Å². The molecule has 0 aromatic heterocycles. The van der Waals surface area contributed by atoms with E-state index in [0.29, 0.717) is 6.42 Å². The van der Waals surface area contributed by atoms with Crippen molar-refractivity contribution in [3.8, 4) is 0 Å². The first-order valence-electron chi connectivity index (χ1n) is 5.81. The number of hydrogen-bond donors (Lipinski definition) is 1. The minimum Gasteiger partial charge on any atom is -0.327 e. The van der Waals surface area contributed by atoms with Gasteiger partial charge in [0.2, 0.25) is 5.91 Å². The number of carbonyl (C=O) groups excluding carboxylic acids is 1. The van der Waals surface area contributed by atoms with E-state index in [1.165, 1.54) is 6.92 Å². The fourth-order valence-electron chi connectivity index (χ4n) is 1.75. The summed E-state index contributed by atoms with van der Waals surface area (Å²) in [5.74, 6) is -0.123.